The summed E-state index contributed by atoms with van der Waals surface area (Å²) in [5.41, 5.74) is 1.28. The lowest BCUT2D eigenvalue weighted by Crippen LogP contribution is -2.18. The van der Waals surface area contributed by atoms with Gasteiger partial charge in [0, 0.05) is 40.7 Å². The van der Waals surface area contributed by atoms with Crippen molar-refractivity contribution in [1.82, 2.24) is 0 Å². The molecule has 2 rings (SSSR count). The lowest BCUT2D eigenvalue weighted by atomic mass is 10.2. The van der Waals surface area contributed by atoms with Gasteiger partial charge in [0.15, 0.2) is 5.85 Å². The summed E-state index contributed by atoms with van der Waals surface area (Å²) in [6.07, 6.45) is -0.333. The molecule has 7 heteroatoms. The fraction of sp³-hybridized carbons (Fsp3) is 0.333. The predicted octanol–water partition coefficient (Wildman–Crippen LogP) is 5.08. The summed E-state index contributed by atoms with van der Waals surface area (Å²) in [7, 11) is 0.213. The first-order valence-corrected chi connectivity index (χ1v) is 10.3. The first-order valence-electron chi connectivity index (χ1n) is 7.84. The number of nitrogens with zero attached hydrogens (tertiary/aromatic N) is 1. The molecule has 0 aliphatic rings. The maximum absolute atomic E-state index is 13.7. The lowest BCUT2D eigenvalue weighted by Gasteiger charge is -2.27. The molecule has 0 aromatic heterocycles. The van der Waals surface area contributed by atoms with Crippen molar-refractivity contribution in [3.63, 3.8) is 0 Å². The quantitative estimate of drug-likeness (QED) is 0.685. The molecule has 2 aromatic rings. The van der Waals surface area contributed by atoms with Crippen LogP contribution in [0.2, 0.25) is 10.0 Å². The van der Waals surface area contributed by atoms with Gasteiger partial charge in [-0.05, 0) is 50.2 Å². The summed E-state index contributed by atoms with van der Waals surface area (Å²) in [6, 6.07) is 11.8. The van der Waals surface area contributed by atoms with Crippen LogP contribution in [0.25, 0.3) is 0 Å². The maximum atomic E-state index is 13.7. The molecule has 0 radical (unpaired) electrons. The Bertz CT molecular complexity index is 778. The normalized spacial score (nSPS) is 15.0. The molecule has 2 aromatic carbocycles. The van der Waals surface area contributed by atoms with E-state index in [4.69, 9.17) is 27.7 Å². The molecule has 136 valence electrons. The van der Waals surface area contributed by atoms with E-state index in [2.05, 4.69) is 0 Å². The van der Waals surface area contributed by atoms with Crippen LogP contribution >= 0.6 is 30.6 Å². The zero-order chi connectivity index (χ0) is 18.8. The van der Waals surface area contributed by atoms with Crippen LogP contribution < -0.4 is 10.2 Å². The average Bonchev–Trinajstić information content (AvgIpc) is 2.53. The van der Waals surface area contributed by atoms with Gasteiger partial charge in [0.2, 0.25) is 0 Å². The Labute approximate surface area is 158 Å². The first kappa shape index (κ1) is 20.3. The zero-order valence-corrected chi connectivity index (χ0v) is 17.0. The topological polar surface area (TPSA) is 49.8 Å². The number of benzene rings is 2. The minimum absolute atomic E-state index is 0.248. The molecule has 0 heterocycles. The van der Waals surface area contributed by atoms with Crippen molar-refractivity contribution >= 4 is 41.6 Å². The lowest BCUT2D eigenvalue weighted by molar-refractivity contribution is 0.189. The number of hydrogen-bond donors (Lipinski definition) is 1. The molecule has 0 amide bonds. The van der Waals surface area contributed by atoms with Crippen molar-refractivity contribution in [1.29, 1.82) is 0 Å². The first-order chi connectivity index (χ1) is 11.6. The third-order valence-electron chi connectivity index (χ3n) is 3.66. The zero-order valence-electron chi connectivity index (χ0n) is 14.6. The number of rotatable bonds is 6. The van der Waals surface area contributed by atoms with Crippen LogP contribution in [0.15, 0.2) is 42.5 Å². The van der Waals surface area contributed by atoms with Gasteiger partial charge in [-0.3, -0.25) is 4.57 Å². The molecule has 0 bridgehead atoms. The Hall–Kier alpha value is -1.03. The number of halogens is 2. The van der Waals surface area contributed by atoms with Crippen molar-refractivity contribution in [2.45, 2.75) is 25.8 Å². The molecule has 0 saturated carbocycles. The minimum atomic E-state index is -3.62. The molecule has 1 N–H and O–H groups in total. The van der Waals surface area contributed by atoms with Crippen LogP contribution in [0.4, 0.5) is 5.69 Å². The third kappa shape index (κ3) is 4.58. The van der Waals surface area contributed by atoms with E-state index < -0.39 is 13.2 Å². The van der Waals surface area contributed by atoms with Crippen molar-refractivity contribution in [3.8, 4) is 0 Å². The smallest absolute Gasteiger partial charge is 0.264 e. The van der Waals surface area contributed by atoms with Crippen LogP contribution in [-0.4, -0.2) is 25.3 Å². The number of aliphatic hydroxyl groups excluding tert-OH is 1. The largest absolute Gasteiger partial charge is 0.378 e. The Kier molecular flexibility index (Phi) is 6.58. The monoisotopic (exact) mass is 401 g/mol. The Morgan fingerprint density at radius 3 is 2.16 bits per heavy atom. The van der Waals surface area contributed by atoms with Crippen LogP contribution in [0.3, 0.4) is 0 Å². The molecular formula is C18H22Cl2NO3P. The maximum Gasteiger partial charge on any atom is 0.264 e. The van der Waals surface area contributed by atoms with Gasteiger partial charge in [-0.25, -0.2) is 0 Å². The van der Waals surface area contributed by atoms with Crippen molar-refractivity contribution in [3.05, 3.63) is 58.1 Å². The van der Waals surface area contributed by atoms with Crippen LogP contribution in [0.5, 0.6) is 0 Å². The number of anilines is 1. The molecule has 0 saturated heterocycles. The van der Waals surface area contributed by atoms with E-state index in [0.29, 0.717) is 15.9 Å². The molecule has 0 spiro atoms. The number of aliphatic hydroxyl groups is 1. The second-order valence-corrected chi connectivity index (χ2v) is 9.46. The van der Waals surface area contributed by atoms with E-state index in [1.165, 1.54) is 6.07 Å². The molecule has 2 atom stereocenters. The van der Waals surface area contributed by atoms with E-state index in [1.54, 1.807) is 38.1 Å². The summed E-state index contributed by atoms with van der Waals surface area (Å²) in [5.74, 6) is -1.38. The molecule has 0 unspecified atom stereocenters. The predicted molar refractivity (Wildman–Crippen MR) is 106 cm³/mol. The van der Waals surface area contributed by atoms with E-state index in [-0.39, 0.29) is 11.1 Å². The second kappa shape index (κ2) is 8.11. The van der Waals surface area contributed by atoms with Crippen molar-refractivity contribution in [2.75, 3.05) is 19.0 Å². The highest BCUT2D eigenvalue weighted by atomic mass is 35.5. The van der Waals surface area contributed by atoms with E-state index in [1.807, 2.05) is 31.1 Å². The van der Waals surface area contributed by atoms with Crippen molar-refractivity contribution < 1.29 is 14.2 Å². The highest BCUT2D eigenvalue weighted by molar-refractivity contribution is 7.67. The summed E-state index contributed by atoms with van der Waals surface area (Å²) >= 11 is 12.1. The Morgan fingerprint density at radius 1 is 1.08 bits per heavy atom. The Balaban J connectivity index is 2.51. The van der Waals surface area contributed by atoms with Crippen LogP contribution in [-0.2, 0) is 9.09 Å². The van der Waals surface area contributed by atoms with Gasteiger partial charge < -0.3 is 14.5 Å². The summed E-state index contributed by atoms with van der Waals surface area (Å²) in [4.78, 5) is 1.94. The van der Waals surface area contributed by atoms with Gasteiger partial charge in [0.1, 0.15) is 0 Å². The van der Waals surface area contributed by atoms with E-state index >= 15 is 0 Å². The summed E-state index contributed by atoms with van der Waals surface area (Å²) in [6.45, 7) is 3.55. The highest BCUT2D eigenvalue weighted by Crippen LogP contribution is 2.59. The minimum Gasteiger partial charge on any atom is -0.378 e. The van der Waals surface area contributed by atoms with Gasteiger partial charge in [-0.2, -0.15) is 0 Å². The molecule has 0 aliphatic heterocycles. The fourth-order valence-corrected chi connectivity index (χ4v) is 5.32. The van der Waals surface area contributed by atoms with Gasteiger partial charge in [-0.15, -0.1) is 0 Å². The highest BCUT2D eigenvalue weighted by Gasteiger charge is 2.38. The van der Waals surface area contributed by atoms with Gasteiger partial charge >= 0.3 is 0 Å². The molecule has 0 aliphatic carbocycles. The molecular weight excluding hydrogens is 380 g/mol. The van der Waals surface area contributed by atoms with Crippen LogP contribution in [0.1, 0.15) is 25.3 Å². The fourth-order valence-electron chi connectivity index (χ4n) is 2.43. The van der Waals surface area contributed by atoms with Crippen LogP contribution in [0, 0.1) is 0 Å². The third-order valence-corrected chi connectivity index (χ3v) is 6.89. The van der Waals surface area contributed by atoms with Crippen molar-refractivity contribution in [2.24, 2.45) is 0 Å². The number of hydrogen-bond acceptors (Lipinski definition) is 4. The Morgan fingerprint density at radius 2 is 1.68 bits per heavy atom. The molecule has 0 fully saturated rings. The summed E-state index contributed by atoms with van der Waals surface area (Å²) < 4.78 is 19.4. The van der Waals surface area contributed by atoms with Gasteiger partial charge in [0.05, 0.1) is 6.10 Å². The molecule has 4 nitrogen and oxygen atoms in total. The second-order valence-electron chi connectivity index (χ2n) is 6.20. The van der Waals surface area contributed by atoms with E-state index in [9.17, 15) is 9.67 Å². The molecule has 25 heavy (non-hydrogen) atoms. The standard InChI is InChI=1S/C18H22Cl2NO3P/c1-12(2)24-25(23,15-8-6-14(7-9-15)21(3)4)18(22)16-10-5-13(19)11-17(16)20/h5-12,18,22H,1-4H3/t18-,25-/m0/s1. The summed E-state index contributed by atoms with van der Waals surface area (Å²) in [5, 5.41) is 12.0. The average molecular weight is 402 g/mol. The SMILES string of the molecule is CC(C)O[P@@](=O)(c1ccc(N(C)C)cc1)[C@H](O)c1ccc(Cl)cc1Cl. The van der Waals surface area contributed by atoms with E-state index in [0.717, 1.165) is 5.69 Å². The van der Waals surface area contributed by atoms with Gasteiger partial charge in [0.25, 0.3) is 7.37 Å². The van der Waals surface area contributed by atoms with Gasteiger partial charge in [-0.1, -0.05) is 29.3 Å².